The quantitative estimate of drug-likeness (QED) is 0.794. The Hall–Kier alpha value is -2.07. The fourth-order valence-electron chi connectivity index (χ4n) is 2.28. The zero-order chi connectivity index (χ0) is 16.1. The first-order valence-corrected chi connectivity index (χ1v) is 7.57. The van der Waals surface area contributed by atoms with Crippen molar-refractivity contribution in [3.8, 4) is 0 Å². The van der Waals surface area contributed by atoms with Crippen molar-refractivity contribution < 1.29 is 9.18 Å². The second-order valence-electron chi connectivity index (χ2n) is 4.83. The van der Waals surface area contributed by atoms with Crippen LogP contribution in [-0.4, -0.2) is 6.03 Å². The minimum Gasteiger partial charge on any atom is -0.307 e. The molecule has 2 aromatic carbocycles. The first-order chi connectivity index (χ1) is 10.6. The molecule has 0 aromatic heterocycles. The van der Waals surface area contributed by atoms with E-state index in [0.717, 1.165) is 29.7 Å². The Bertz CT molecular complexity index is 646. The summed E-state index contributed by atoms with van der Waals surface area (Å²) < 4.78 is 13.7. The zero-order valence-electron chi connectivity index (χ0n) is 12.5. The lowest BCUT2D eigenvalue weighted by molar-refractivity contribution is 0.262. The van der Waals surface area contributed by atoms with E-state index in [0.29, 0.717) is 0 Å². The molecular weight excluding hydrogens is 303 g/mol. The Morgan fingerprint density at radius 1 is 1.00 bits per heavy atom. The summed E-state index contributed by atoms with van der Waals surface area (Å²) in [4.78, 5) is 12.2. The fraction of sp³-hybridized carbons (Fsp3) is 0.235. The molecule has 0 bridgehead atoms. The van der Waals surface area contributed by atoms with Crippen molar-refractivity contribution >= 4 is 29.0 Å². The summed E-state index contributed by atoms with van der Waals surface area (Å²) in [6.45, 7) is 4.04. The lowest BCUT2D eigenvalue weighted by Crippen LogP contribution is -2.22. The van der Waals surface area contributed by atoms with Crippen molar-refractivity contribution in [2.45, 2.75) is 26.7 Å². The highest BCUT2D eigenvalue weighted by Gasteiger charge is 2.13. The number of rotatable bonds is 4. The molecule has 2 N–H and O–H groups in total. The van der Waals surface area contributed by atoms with Gasteiger partial charge in [0.05, 0.1) is 10.7 Å². The Kier molecular flexibility index (Phi) is 5.39. The number of urea groups is 1. The van der Waals surface area contributed by atoms with Crippen LogP contribution in [-0.2, 0) is 12.8 Å². The molecule has 0 aliphatic rings. The lowest BCUT2D eigenvalue weighted by Gasteiger charge is -2.15. The molecule has 0 fully saturated rings. The van der Waals surface area contributed by atoms with E-state index in [1.54, 1.807) is 0 Å². The van der Waals surface area contributed by atoms with Crippen molar-refractivity contribution in [3.05, 3.63) is 58.4 Å². The number of hydrogen-bond acceptors (Lipinski definition) is 1. The third-order valence-corrected chi connectivity index (χ3v) is 3.75. The van der Waals surface area contributed by atoms with Gasteiger partial charge in [-0.2, -0.15) is 0 Å². The Morgan fingerprint density at radius 3 is 2.09 bits per heavy atom. The number of benzene rings is 2. The third kappa shape index (κ3) is 3.57. The molecule has 0 spiro atoms. The molecular formula is C17H18ClFN2O. The molecule has 2 amide bonds. The number of nitrogens with one attached hydrogen (secondary N) is 2. The SMILES string of the molecule is CCc1cccc(CC)c1NC(=O)Nc1c(F)cccc1Cl. The van der Waals surface area contributed by atoms with Crippen molar-refractivity contribution in [2.24, 2.45) is 0 Å². The molecule has 116 valence electrons. The van der Waals surface area contributed by atoms with Crippen molar-refractivity contribution in [2.75, 3.05) is 10.6 Å². The monoisotopic (exact) mass is 320 g/mol. The first-order valence-electron chi connectivity index (χ1n) is 7.19. The average molecular weight is 321 g/mol. The van der Waals surface area contributed by atoms with Gasteiger partial charge in [-0.1, -0.05) is 49.7 Å². The lowest BCUT2D eigenvalue weighted by atomic mass is 10.0. The predicted molar refractivity (Wildman–Crippen MR) is 89.2 cm³/mol. The van der Waals surface area contributed by atoms with Crippen LogP contribution in [0.2, 0.25) is 5.02 Å². The number of hydrogen-bond donors (Lipinski definition) is 2. The van der Waals surface area contributed by atoms with Gasteiger partial charge in [-0.3, -0.25) is 0 Å². The van der Waals surface area contributed by atoms with Crippen LogP contribution in [0.3, 0.4) is 0 Å². The van der Waals surface area contributed by atoms with Gasteiger partial charge in [0.1, 0.15) is 5.82 Å². The van der Waals surface area contributed by atoms with Gasteiger partial charge in [0, 0.05) is 5.69 Å². The standard InChI is InChI=1S/C17H18ClFN2O/c1-3-11-7-5-8-12(4-2)15(11)20-17(22)21-16-13(18)9-6-10-14(16)19/h5-10H,3-4H2,1-2H3,(H2,20,21,22). The Balaban J connectivity index is 2.23. The molecule has 0 saturated carbocycles. The highest BCUT2D eigenvalue weighted by atomic mass is 35.5. The Morgan fingerprint density at radius 2 is 1.55 bits per heavy atom. The molecule has 3 nitrogen and oxygen atoms in total. The van der Waals surface area contributed by atoms with Crippen LogP contribution in [0.4, 0.5) is 20.6 Å². The first kappa shape index (κ1) is 16.3. The molecule has 5 heteroatoms. The van der Waals surface area contributed by atoms with Gasteiger partial charge in [0.25, 0.3) is 0 Å². The third-order valence-electron chi connectivity index (χ3n) is 3.44. The van der Waals surface area contributed by atoms with Crippen LogP contribution in [0.25, 0.3) is 0 Å². The summed E-state index contributed by atoms with van der Waals surface area (Å²) in [5.41, 5.74) is 2.83. The number of para-hydroxylation sites is 2. The summed E-state index contributed by atoms with van der Waals surface area (Å²) in [6, 6.07) is 9.64. The molecule has 0 unspecified atom stereocenters. The molecule has 0 radical (unpaired) electrons. The van der Waals surface area contributed by atoms with E-state index in [9.17, 15) is 9.18 Å². The van der Waals surface area contributed by atoms with Gasteiger partial charge >= 0.3 is 6.03 Å². The highest BCUT2D eigenvalue weighted by Crippen LogP contribution is 2.26. The maximum atomic E-state index is 13.7. The fourth-order valence-corrected chi connectivity index (χ4v) is 2.49. The molecule has 2 aromatic rings. The molecule has 2 rings (SSSR count). The topological polar surface area (TPSA) is 41.1 Å². The van der Waals surface area contributed by atoms with Gasteiger partial charge in [0.2, 0.25) is 0 Å². The van der Waals surface area contributed by atoms with E-state index in [2.05, 4.69) is 10.6 Å². The van der Waals surface area contributed by atoms with E-state index in [4.69, 9.17) is 11.6 Å². The number of aryl methyl sites for hydroxylation is 2. The molecule has 0 aliphatic carbocycles. The van der Waals surface area contributed by atoms with E-state index in [1.807, 2.05) is 32.0 Å². The summed E-state index contributed by atoms with van der Waals surface area (Å²) >= 11 is 5.91. The minimum absolute atomic E-state index is 0.0197. The van der Waals surface area contributed by atoms with E-state index in [1.165, 1.54) is 18.2 Å². The zero-order valence-corrected chi connectivity index (χ0v) is 13.3. The number of carbonyl (C=O) groups is 1. The second kappa shape index (κ2) is 7.27. The van der Waals surface area contributed by atoms with Gasteiger partial charge in [-0.05, 0) is 36.1 Å². The van der Waals surface area contributed by atoms with Crippen molar-refractivity contribution in [3.63, 3.8) is 0 Å². The van der Waals surface area contributed by atoms with Gasteiger partial charge in [-0.25, -0.2) is 9.18 Å². The van der Waals surface area contributed by atoms with E-state index < -0.39 is 11.8 Å². The maximum absolute atomic E-state index is 13.7. The summed E-state index contributed by atoms with van der Waals surface area (Å²) in [7, 11) is 0. The number of halogens is 2. The van der Waals surface area contributed by atoms with Crippen LogP contribution in [0, 0.1) is 5.82 Å². The normalized spacial score (nSPS) is 10.4. The number of carbonyl (C=O) groups excluding carboxylic acids is 1. The smallest absolute Gasteiger partial charge is 0.307 e. The van der Waals surface area contributed by atoms with E-state index >= 15 is 0 Å². The minimum atomic E-state index is -0.567. The molecule has 0 atom stereocenters. The van der Waals surface area contributed by atoms with Crippen LogP contribution in [0.1, 0.15) is 25.0 Å². The largest absolute Gasteiger partial charge is 0.323 e. The number of anilines is 2. The summed E-state index contributed by atoms with van der Waals surface area (Å²) in [5, 5.41) is 5.44. The van der Waals surface area contributed by atoms with Crippen molar-refractivity contribution in [1.29, 1.82) is 0 Å². The van der Waals surface area contributed by atoms with Crippen LogP contribution < -0.4 is 10.6 Å². The Labute approximate surface area is 134 Å². The maximum Gasteiger partial charge on any atom is 0.323 e. The average Bonchev–Trinajstić information content (AvgIpc) is 2.51. The molecule has 0 aliphatic heterocycles. The van der Waals surface area contributed by atoms with Crippen molar-refractivity contribution in [1.82, 2.24) is 0 Å². The predicted octanol–water partition coefficient (Wildman–Crippen LogP) is 5.25. The summed E-state index contributed by atoms with van der Waals surface area (Å²) in [5.74, 6) is -0.567. The summed E-state index contributed by atoms with van der Waals surface area (Å²) in [6.07, 6.45) is 1.59. The van der Waals surface area contributed by atoms with Crippen LogP contribution in [0.5, 0.6) is 0 Å². The van der Waals surface area contributed by atoms with Gasteiger partial charge in [-0.15, -0.1) is 0 Å². The van der Waals surface area contributed by atoms with Crippen LogP contribution >= 0.6 is 11.6 Å². The van der Waals surface area contributed by atoms with Gasteiger partial charge < -0.3 is 10.6 Å². The second-order valence-corrected chi connectivity index (χ2v) is 5.24. The molecule has 0 saturated heterocycles. The van der Waals surface area contributed by atoms with Crippen LogP contribution in [0.15, 0.2) is 36.4 Å². The van der Waals surface area contributed by atoms with Gasteiger partial charge in [0.15, 0.2) is 0 Å². The van der Waals surface area contributed by atoms with E-state index in [-0.39, 0.29) is 10.7 Å². The molecule has 22 heavy (non-hydrogen) atoms. The number of amides is 2. The highest BCUT2D eigenvalue weighted by molar-refractivity contribution is 6.33. The molecule has 0 heterocycles.